The monoisotopic (exact) mass is 260 g/mol. The Balaban J connectivity index is 1.74. The maximum atomic E-state index is 11.8. The number of amides is 1. The van der Waals surface area contributed by atoms with Gasteiger partial charge in [-0.2, -0.15) is 0 Å². The van der Waals surface area contributed by atoms with Crippen LogP contribution in [0, 0.1) is 5.92 Å². The predicted molar refractivity (Wildman–Crippen MR) is 78.1 cm³/mol. The Morgan fingerprint density at radius 2 is 2.05 bits per heavy atom. The van der Waals surface area contributed by atoms with Gasteiger partial charge in [-0.25, -0.2) is 0 Å². The van der Waals surface area contributed by atoms with Crippen LogP contribution in [0.1, 0.15) is 30.9 Å². The molecule has 1 saturated heterocycles. The van der Waals surface area contributed by atoms with E-state index in [0.717, 1.165) is 38.0 Å². The van der Waals surface area contributed by atoms with Crippen molar-refractivity contribution in [3.63, 3.8) is 0 Å². The van der Waals surface area contributed by atoms with Crippen molar-refractivity contribution in [2.45, 2.75) is 32.6 Å². The van der Waals surface area contributed by atoms with Crippen molar-refractivity contribution in [3.05, 3.63) is 35.4 Å². The van der Waals surface area contributed by atoms with E-state index < -0.39 is 0 Å². The number of rotatable bonds is 6. The molecule has 1 amide bonds. The van der Waals surface area contributed by atoms with Crippen molar-refractivity contribution >= 4 is 5.91 Å². The normalized spacial score (nSPS) is 18.5. The van der Waals surface area contributed by atoms with E-state index in [4.69, 9.17) is 0 Å². The lowest BCUT2D eigenvalue weighted by atomic mass is 10.1. The number of carbonyl (C=O) groups is 1. The molecule has 2 N–H and O–H groups in total. The van der Waals surface area contributed by atoms with Gasteiger partial charge in [0.1, 0.15) is 0 Å². The summed E-state index contributed by atoms with van der Waals surface area (Å²) in [7, 11) is 0. The molecule has 1 fully saturated rings. The summed E-state index contributed by atoms with van der Waals surface area (Å²) in [5.41, 5.74) is 2.45. The minimum absolute atomic E-state index is 0.134. The van der Waals surface area contributed by atoms with Gasteiger partial charge in [-0.15, -0.1) is 0 Å². The van der Waals surface area contributed by atoms with Crippen LogP contribution in [-0.4, -0.2) is 25.5 Å². The highest BCUT2D eigenvalue weighted by Crippen LogP contribution is 2.08. The first-order chi connectivity index (χ1) is 9.28. The highest BCUT2D eigenvalue weighted by Gasteiger charge is 2.15. The molecule has 0 aliphatic carbocycles. The summed E-state index contributed by atoms with van der Waals surface area (Å²) in [6.07, 6.45) is 3.94. The third-order valence-corrected chi connectivity index (χ3v) is 3.68. The van der Waals surface area contributed by atoms with Gasteiger partial charge in [0.15, 0.2) is 0 Å². The topological polar surface area (TPSA) is 41.1 Å². The number of benzene rings is 1. The van der Waals surface area contributed by atoms with Crippen LogP contribution in [0.5, 0.6) is 0 Å². The van der Waals surface area contributed by atoms with Crippen molar-refractivity contribution in [3.8, 4) is 0 Å². The summed E-state index contributed by atoms with van der Waals surface area (Å²) >= 11 is 0. The van der Waals surface area contributed by atoms with E-state index in [2.05, 4.69) is 41.8 Å². The SMILES string of the molecule is CCCc1ccc(CC(=O)NCC2CCNC2)cc1. The summed E-state index contributed by atoms with van der Waals surface area (Å²) in [6.45, 7) is 5.10. The molecule has 19 heavy (non-hydrogen) atoms. The summed E-state index contributed by atoms with van der Waals surface area (Å²) in [5.74, 6) is 0.742. The number of aryl methyl sites for hydroxylation is 1. The smallest absolute Gasteiger partial charge is 0.224 e. The standard InChI is InChI=1S/C16H24N2O/c1-2-3-13-4-6-14(7-5-13)10-16(19)18-12-15-8-9-17-11-15/h4-7,15,17H,2-3,8-12H2,1H3,(H,18,19). The van der Waals surface area contributed by atoms with Crippen LogP contribution >= 0.6 is 0 Å². The third kappa shape index (κ3) is 4.67. The van der Waals surface area contributed by atoms with Crippen LogP contribution in [0.15, 0.2) is 24.3 Å². The molecule has 2 rings (SSSR count). The summed E-state index contributed by atoms with van der Waals surface area (Å²) in [6, 6.07) is 8.41. The van der Waals surface area contributed by atoms with E-state index in [1.807, 2.05) is 0 Å². The molecule has 1 aromatic carbocycles. The molecule has 0 bridgehead atoms. The zero-order chi connectivity index (χ0) is 13.5. The van der Waals surface area contributed by atoms with Crippen molar-refractivity contribution < 1.29 is 4.79 Å². The van der Waals surface area contributed by atoms with Gasteiger partial charge < -0.3 is 10.6 Å². The molecule has 1 unspecified atom stereocenters. The van der Waals surface area contributed by atoms with Gasteiger partial charge in [0, 0.05) is 6.54 Å². The lowest BCUT2D eigenvalue weighted by molar-refractivity contribution is -0.120. The predicted octanol–water partition coefficient (Wildman–Crippen LogP) is 1.91. The molecule has 104 valence electrons. The number of carbonyl (C=O) groups excluding carboxylic acids is 1. The first kappa shape index (κ1) is 14.1. The molecule has 1 heterocycles. The van der Waals surface area contributed by atoms with Gasteiger partial charge in [-0.1, -0.05) is 37.6 Å². The highest BCUT2D eigenvalue weighted by atomic mass is 16.1. The fourth-order valence-electron chi connectivity index (χ4n) is 2.51. The average molecular weight is 260 g/mol. The number of nitrogens with one attached hydrogen (secondary N) is 2. The fourth-order valence-corrected chi connectivity index (χ4v) is 2.51. The first-order valence-corrected chi connectivity index (χ1v) is 7.33. The maximum absolute atomic E-state index is 11.8. The van der Waals surface area contributed by atoms with Crippen molar-refractivity contribution in [2.24, 2.45) is 5.92 Å². The molecular formula is C16H24N2O. The first-order valence-electron chi connectivity index (χ1n) is 7.33. The number of hydrogen-bond donors (Lipinski definition) is 2. The van der Waals surface area contributed by atoms with Gasteiger partial charge in [0.25, 0.3) is 0 Å². The van der Waals surface area contributed by atoms with Crippen LogP contribution < -0.4 is 10.6 Å². The Morgan fingerprint density at radius 3 is 2.68 bits per heavy atom. The second kappa shape index (κ2) is 7.29. The minimum Gasteiger partial charge on any atom is -0.355 e. The molecule has 3 nitrogen and oxygen atoms in total. The lowest BCUT2D eigenvalue weighted by Gasteiger charge is -2.10. The van der Waals surface area contributed by atoms with Crippen molar-refractivity contribution in [2.75, 3.05) is 19.6 Å². The summed E-state index contributed by atoms with van der Waals surface area (Å²) < 4.78 is 0. The molecule has 1 atom stereocenters. The Bertz CT molecular complexity index is 394. The molecule has 3 heteroatoms. The Kier molecular flexibility index (Phi) is 5.40. The van der Waals surface area contributed by atoms with Gasteiger partial charge in [0.05, 0.1) is 6.42 Å². The maximum Gasteiger partial charge on any atom is 0.224 e. The highest BCUT2D eigenvalue weighted by molar-refractivity contribution is 5.78. The second-order valence-corrected chi connectivity index (χ2v) is 5.41. The van der Waals surface area contributed by atoms with Gasteiger partial charge in [-0.3, -0.25) is 4.79 Å². The minimum atomic E-state index is 0.134. The molecule has 1 aliphatic rings. The Labute approximate surface area is 115 Å². The molecule has 1 aromatic rings. The quantitative estimate of drug-likeness (QED) is 0.820. The fraction of sp³-hybridized carbons (Fsp3) is 0.562. The molecule has 1 aliphatic heterocycles. The van der Waals surface area contributed by atoms with E-state index in [0.29, 0.717) is 12.3 Å². The van der Waals surface area contributed by atoms with Gasteiger partial charge in [-0.05, 0) is 43.0 Å². The van der Waals surface area contributed by atoms with E-state index >= 15 is 0 Å². The largest absolute Gasteiger partial charge is 0.355 e. The average Bonchev–Trinajstić information content (AvgIpc) is 2.92. The molecular weight excluding hydrogens is 236 g/mol. The van der Waals surface area contributed by atoms with Crippen LogP contribution in [0.4, 0.5) is 0 Å². The molecule has 0 radical (unpaired) electrons. The Hall–Kier alpha value is -1.35. The van der Waals surface area contributed by atoms with Crippen LogP contribution in [0.25, 0.3) is 0 Å². The van der Waals surface area contributed by atoms with Gasteiger partial charge >= 0.3 is 0 Å². The molecule has 0 spiro atoms. The van der Waals surface area contributed by atoms with Crippen LogP contribution in [0.3, 0.4) is 0 Å². The zero-order valence-corrected chi connectivity index (χ0v) is 11.7. The zero-order valence-electron chi connectivity index (χ0n) is 11.7. The van der Waals surface area contributed by atoms with Gasteiger partial charge in [0.2, 0.25) is 5.91 Å². The van der Waals surface area contributed by atoms with E-state index in [1.165, 1.54) is 12.0 Å². The van der Waals surface area contributed by atoms with E-state index in [-0.39, 0.29) is 5.91 Å². The number of hydrogen-bond acceptors (Lipinski definition) is 2. The molecule has 0 aromatic heterocycles. The Morgan fingerprint density at radius 1 is 1.32 bits per heavy atom. The van der Waals surface area contributed by atoms with Crippen LogP contribution in [0.2, 0.25) is 0 Å². The lowest BCUT2D eigenvalue weighted by Crippen LogP contribution is -2.31. The molecule has 0 saturated carbocycles. The van der Waals surface area contributed by atoms with Crippen LogP contribution in [-0.2, 0) is 17.6 Å². The van der Waals surface area contributed by atoms with E-state index in [1.54, 1.807) is 0 Å². The van der Waals surface area contributed by atoms with Crippen molar-refractivity contribution in [1.29, 1.82) is 0 Å². The summed E-state index contributed by atoms with van der Waals surface area (Å²) in [4.78, 5) is 11.8. The third-order valence-electron chi connectivity index (χ3n) is 3.68. The van der Waals surface area contributed by atoms with Crippen molar-refractivity contribution in [1.82, 2.24) is 10.6 Å². The second-order valence-electron chi connectivity index (χ2n) is 5.41. The van der Waals surface area contributed by atoms with E-state index in [9.17, 15) is 4.79 Å². The summed E-state index contributed by atoms with van der Waals surface area (Å²) in [5, 5.41) is 6.35.